The number of amides is 1. The molecule has 0 aromatic heterocycles. The normalized spacial score (nSPS) is 25.0. The fourth-order valence-corrected chi connectivity index (χ4v) is 8.28. The summed E-state index contributed by atoms with van der Waals surface area (Å²) < 4.78 is 19.2. The minimum atomic E-state index is -0.774. The molecule has 4 fully saturated rings. The number of hydrazine groups is 1. The molecule has 6 atom stereocenters. The zero-order valence-corrected chi connectivity index (χ0v) is 31.1. The molecule has 2 bridgehead atoms. The SMILES string of the molecule is CCCCCCCOc1ccc(CC(=O)C[C@@H](CCCN=C(N)N[N+](=O)[O-])C(=O)N[C@@H](CC(C)C)B2O[C@@H]3C[C@H]4C[C@H](C4(C)C)[C@]3(C)O2)cc1. The van der Waals surface area contributed by atoms with Crippen molar-refractivity contribution in [1.82, 2.24) is 10.7 Å². The number of nitro groups is 1. The maximum atomic E-state index is 14.0. The summed E-state index contributed by atoms with van der Waals surface area (Å²) in [5.74, 6) is 0.472. The predicted octanol–water partition coefficient (Wildman–Crippen LogP) is 5.83. The molecule has 13 heteroatoms. The van der Waals surface area contributed by atoms with E-state index in [1.54, 1.807) is 0 Å². The van der Waals surface area contributed by atoms with Crippen LogP contribution in [-0.4, -0.2) is 60.6 Å². The summed E-state index contributed by atoms with van der Waals surface area (Å²) in [6.07, 6.45) is 9.62. The van der Waals surface area contributed by atoms with Gasteiger partial charge in [-0.05, 0) is 86.3 Å². The highest BCUT2D eigenvalue weighted by Crippen LogP contribution is 2.65. The van der Waals surface area contributed by atoms with Crippen LogP contribution in [-0.2, 0) is 25.3 Å². The van der Waals surface area contributed by atoms with E-state index in [2.05, 4.69) is 51.9 Å². The molecule has 1 aromatic carbocycles. The molecule has 1 saturated heterocycles. The van der Waals surface area contributed by atoms with Crippen molar-refractivity contribution >= 4 is 24.8 Å². The standard InChI is InChI=1S/C37H60BN5O7/c1-7-8-9-10-11-19-48-30-16-14-26(15-17-30)21-29(44)22-27(13-12-18-40-35(39)42-43(46)47)34(45)41-33(20-25(2)3)38-49-32-24-28-23-31(36(28,4)5)37(32,6)50-38/h14-17,25,27-28,31-33H,7-13,18-24H2,1-6H3,(H,41,45)(H3,39,40,42)/t27-,28-,31-,32-,33+,37+/m1/s1. The number of unbranched alkanes of at least 4 members (excludes halogenated alkanes) is 4. The second kappa shape index (κ2) is 17.8. The van der Waals surface area contributed by atoms with Crippen LogP contribution in [0.4, 0.5) is 0 Å². The topological polar surface area (TPSA) is 167 Å². The lowest BCUT2D eigenvalue weighted by Gasteiger charge is -2.64. The fourth-order valence-electron chi connectivity index (χ4n) is 8.28. The van der Waals surface area contributed by atoms with Crippen LogP contribution in [0.5, 0.6) is 5.75 Å². The van der Waals surface area contributed by atoms with Crippen LogP contribution in [0, 0.1) is 39.2 Å². The molecular formula is C37H60BN5O7. The number of carbonyl (C=O) groups excluding carboxylic acids is 2. The van der Waals surface area contributed by atoms with Crippen LogP contribution in [0.25, 0.3) is 0 Å². The van der Waals surface area contributed by atoms with Crippen molar-refractivity contribution in [2.45, 2.75) is 136 Å². The largest absolute Gasteiger partial charge is 0.494 e. The van der Waals surface area contributed by atoms with E-state index in [1.807, 2.05) is 29.7 Å². The van der Waals surface area contributed by atoms with Crippen LogP contribution >= 0.6 is 0 Å². The van der Waals surface area contributed by atoms with Gasteiger partial charge >= 0.3 is 7.12 Å². The number of ketones is 1. The fraction of sp³-hybridized carbons (Fsp3) is 0.757. The summed E-state index contributed by atoms with van der Waals surface area (Å²) in [4.78, 5) is 42.1. The summed E-state index contributed by atoms with van der Waals surface area (Å²) in [6.45, 7) is 14.1. The Kier molecular flexibility index (Phi) is 14.1. The molecule has 1 aliphatic heterocycles. The lowest BCUT2D eigenvalue weighted by molar-refractivity contribution is -0.525. The van der Waals surface area contributed by atoms with Gasteiger partial charge in [-0.2, -0.15) is 0 Å². The van der Waals surface area contributed by atoms with Crippen molar-refractivity contribution in [2.24, 2.45) is 39.8 Å². The first kappa shape index (κ1) is 39.6. The van der Waals surface area contributed by atoms with E-state index >= 15 is 0 Å². The van der Waals surface area contributed by atoms with E-state index in [9.17, 15) is 19.7 Å². The van der Waals surface area contributed by atoms with Gasteiger partial charge in [-0.3, -0.25) is 9.59 Å². The number of hydrogen-bond acceptors (Lipinski definition) is 8. The Hall–Kier alpha value is -3.19. The van der Waals surface area contributed by atoms with Crippen molar-refractivity contribution in [3.8, 4) is 5.75 Å². The number of nitrogens with two attached hydrogens (primary N) is 1. The molecular weight excluding hydrogens is 637 g/mol. The van der Waals surface area contributed by atoms with Gasteiger partial charge in [-0.25, -0.2) is 15.1 Å². The highest BCUT2D eigenvalue weighted by atomic mass is 16.7. The molecule has 4 aliphatic rings. The maximum Gasteiger partial charge on any atom is 0.481 e. The summed E-state index contributed by atoms with van der Waals surface area (Å²) in [6, 6.07) is 7.58. The van der Waals surface area contributed by atoms with Gasteiger partial charge in [-0.15, -0.1) is 0 Å². The molecule has 1 amide bonds. The third-order valence-electron chi connectivity index (χ3n) is 11.2. The highest BCUT2D eigenvalue weighted by Gasteiger charge is 2.68. The molecule has 3 saturated carbocycles. The number of nitrogens with zero attached hydrogens (tertiary/aromatic N) is 2. The Morgan fingerprint density at radius 1 is 1.12 bits per heavy atom. The smallest absolute Gasteiger partial charge is 0.481 e. The summed E-state index contributed by atoms with van der Waals surface area (Å²) in [7, 11) is -0.572. The average Bonchev–Trinajstić information content (AvgIpc) is 3.41. The first-order valence-electron chi connectivity index (χ1n) is 18.8. The van der Waals surface area contributed by atoms with E-state index in [-0.39, 0.29) is 60.4 Å². The van der Waals surface area contributed by atoms with E-state index < -0.39 is 23.7 Å². The number of Topliss-reactive ketones (excluding diaryl/α,β-unsaturated/α-hetero) is 1. The number of hydrogen-bond donors (Lipinski definition) is 3. The zero-order valence-electron chi connectivity index (χ0n) is 31.1. The molecule has 12 nitrogen and oxygen atoms in total. The minimum Gasteiger partial charge on any atom is -0.494 e. The molecule has 3 aliphatic carbocycles. The summed E-state index contributed by atoms with van der Waals surface area (Å²) in [5.41, 5.74) is 8.07. The van der Waals surface area contributed by atoms with Crippen molar-refractivity contribution in [3.63, 3.8) is 0 Å². The third kappa shape index (κ3) is 10.4. The van der Waals surface area contributed by atoms with Gasteiger partial charge in [0.25, 0.3) is 5.96 Å². The van der Waals surface area contributed by atoms with Crippen LogP contribution in [0.1, 0.15) is 118 Å². The monoisotopic (exact) mass is 697 g/mol. The molecule has 0 radical (unpaired) electrons. The van der Waals surface area contributed by atoms with Crippen LogP contribution in [0.3, 0.4) is 0 Å². The first-order chi connectivity index (χ1) is 23.7. The Bertz CT molecular complexity index is 1330. The number of aliphatic imine (C=N–C) groups is 1. The second-order valence-electron chi connectivity index (χ2n) is 15.9. The number of ether oxygens (including phenoxy) is 1. The van der Waals surface area contributed by atoms with E-state index in [0.29, 0.717) is 37.7 Å². The Balaban J connectivity index is 1.39. The molecule has 4 N–H and O–H groups in total. The predicted molar refractivity (Wildman–Crippen MR) is 195 cm³/mol. The maximum absolute atomic E-state index is 14.0. The van der Waals surface area contributed by atoms with Crippen molar-refractivity contribution in [3.05, 3.63) is 39.9 Å². The van der Waals surface area contributed by atoms with Crippen LogP contribution in [0.15, 0.2) is 29.3 Å². The van der Waals surface area contributed by atoms with Gasteiger partial charge in [0.15, 0.2) is 5.03 Å². The van der Waals surface area contributed by atoms with Gasteiger partial charge in [-0.1, -0.05) is 77.9 Å². The van der Waals surface area contributed by atoms with E-state index in [0.717, 1.165) is 37.0 Å². The number of guanidine groups is 1. The van der Waals surface area contributed by atoms with Gasteiger partial charge in [0.2, 0.25) is 5.91 Å². The van der Waals surface area contributed by atoms with Crippen molar-refractivity contribution < 1.29 is 28.7 Å². The Morgan fingerprint density at radius 2 is 1.84 bits per heavy atom. The van der Waals surface area contributed by atoms with Crippen molar-refractivity contribution in [2.75, 3.05) is 13.2 Å². The molecule has 50 heavy (non-hydrogen) atoms. The minimum absolute atomic E-state index is 0.00751. The number of carbonyl (C=O) groups is 2. The highest BCUT2D eigenvalue weighted by molar-refractivity contribution is 6.47. The summed E-state index contributed by atoms with van der Waals surface area (Å²) >= 11 is 0. The molecule has 5 rings (SSSR count). The number of nitrogens with one attached hydrogen (secondary N) is 2. The molecule has 278 valence electrons. The molecule has 1 aromatic rings. The molecule has 1 heterocycles. The van der Waals surface area contributed by atoms with Gasteiger partial charge in [0.1, 0.15) is 11.5 Å². The Morgan fingerprint density at radius 3 is 2.50 bits per heavy atom. The third-order valence-corrected chi connectivity index (χ3v) is 11.2. The lowest BCUT2D eigenvalue weighted by Crippen LogP contribution is -2.65. The van der Waals surface area contributed by atoms with Gasteiger partial charge < -0.3 is 25.1 Å². The van der Waals surface area contributed by atoms with Gasteiger partial charge in [0, 0.05) is 25.3 Å². The van der Waals surface area contributed by atoms with Gasteiger partial charge in [0.05, 0.1) is 24.3 Å². The lowest BCUT2D eigenvalue weighted by atomic mass is 9.43. The van der Waals surface area contributed by atoms with Crippen molar-refractivity contribution in [1.29, 1.82) is 0 Å². The van der Waals surface area contributed by atoms with E-state index in [4.69, 9.17) is 19.8 Å². The first-order valence-corrected chi connectivity index (χ1v) is 18.8. The van der Waals surface area contributed by atoms with Crippen LogP contribution in [0.2, 0.25) is 0 Å². The Labute approximate surface area is 298 Å². The second-order valence-corrected chi connectivity index (χ2v) is 15.9. The summed E-state index contributed by atoms with van der Waals surface area (Å²) in [5, 5.41) is 13.1. The number of rotatable bonds is 21. The molecule has 0 spiro atoms. The zero-order chi connectivity index (χ0) is 36.5. The average molecular weight is 698 g/mol. The van der Waals surface area contributed by atoms with Crippen LogP contribution < -0.4 is 21.2 Å². The molecule has 0 unspecified atom stereocenters. The number of benzene rings is 1. The van der Waals surface area contributed by atoms with E-state index in [1.165, 1.54) is 19.3 Å². The quantitative estimate of drug-likeness (QED) is 0.0358.